The van der Waals surface area contributed by atoms with E-state index >= 15 is 0 Å². The lowest BCUT2D eigenvalue weighted by Crippen LogP contribution is -2.53. The van der Waals surface area contributed by atoms with Crippen molar-refractivity contribution in [3.8, 4) is 5.75 Å². The molecule has 1 atom stereocenters. The normalized spacial score (nSPS) is 15.6. The van der Waals surface area contributed by atoms with E-state index in [0.717, 1.165) is 17.7 Å². The van der Waals surface area contributed by atoms with Crippen molar-refractivity contribution < 1.29 is 27.8 Å². The summed E-state index contributed by atoms with van der Waals surface area (Å²) in [6.07, 6.45) is 0.549. The Balaban J connectivity index is 1.61. The molecule has 2 amide bonds. The lowest BCUT2D eigenvalue weighted by Gasteiger charge is -2.34. The molecule has 3 rings (SSSR count). The molecule has 6 nitrogen and oxygen atoms in total. The van der Waals surface area contributed by atoms with Crippen LogP contribution in [-0.2, 0) is 16.0 Å². The van der Waals surface area contributed by atoms with Crippen molar-refractivity contribution in [3.63, 3.8) is 0 Å². The number of rotatable bonds is 6. The largest absolute Gasteiger partial charge is 0.490 e. The maximum Gasteiger partial charge on any atom is 0.408 e. The first-order chi connectivity index (χ1) is 15.6. The van der Waals surface area contributed by atoms with Crippen LogP contribution in [0, 0.1) is 11.6 Å². The van der Waals surface area contributed by atoms with Gasteiger partial charge in [-0.2, -0.15) is 0 Å². The minimum absolute atomic E-state index is 0.198. The number of hydrogen-bond donors (Lipinski definition) is 1. The third kappa shape index (κ3) is 7.44. The molecule has 33 heavy (non-hydrogen) atoms. The van der Waals surface area contributed by atoms with E-state index in [1.807, 2.05) is 30.3 Å². The van der Waals surface area contributed by atoms with Gasteiger partial charge in [-0.15, -0.1) is 0 Å². The smallest absolute Gasteiger partial charge is 0.408 e. The van der Waals surface area contributed by atoms with Crippen molar-refractivity contribution in [2.75, 3.05) is 13.1 Å². The Morgan fingerprint density at radius 3 is 2.33 bits per heavy atom. The Morgan fingerprint density at radius 2 is 1.73 bits per heavy atom. The number of alkyl carbamates (subject to hydrolysis) is 1. The van der Waals surface area contributed by atoms with Crippen LogP contribution in [0.15, 0.2) is 48.5 Å². The molecule has 1 saturated heterocycles. The standard InChI is InChI=1S/C25H30F2N2O4/c1-25(2,3)33-24(31)28-22(15-17-7-5-4-6-8-17)23(30)29-13-11-18(12-14-29)32-19-9-10-20(26)21(27)16-19/h4-10,16,18,22H,11-15H2,1-3H3,(H,28,31)/t22-/m0/s1. The fraction of sp³-hybridized carbons (Fsp3) is 0.440. The Morgan fingerprint density at radius 1 is 1.06 bits per heavy atom. The summed E-state index contributed by atoms with van der Waals surface area (Å²) in [6, 6.07) is 12.1. The molecule has 178 valence electrons. The third-order valence-corrected chi connectivity index (χ3v) is 5.22. The number of likely N-dealkylation sites (tertiary alicyclic amines) is 1. The maximum atomic E-state index is 13.4. The average Bonchev–Trinajstić information content (AvgIpc) is 2.75. The van der Waals surface area contributed by atoms with Gasteiger partial charge >= 0.3 is 6.09 Å². The fourth-order valence-corrected chi connectivity index (χ4v) is 3.66. The van der Waals surface area contributed by atoms with Crippen molar-refractivity contribution in [3.05, 3.63) is 65.7 Å². The molecule has 1 aliphatic rings. The summed E-state index contributed by atoms with van der Waals surface area (Å²) in [6.45, 7) is 6.14. The molecule has 0 unspecified atom stereocenters. The van der Waals surface area contributed by atoms with Gasteiger partial charge in [0.15, 0.2) is 11.6 Å². The van der Waals surface area contributed by atoms with Gasteiger partial charge in [0, 0.05) is 38.4 Å². The highest BCUT2D eigenvalue weighted by atomic mass is 19.2. The molecular formula is C25H30F2N2O4. The van der Waals surface area contributed by atoms with Crippen LogP contribution in [0.4, 0.5) is 13.6 Å². The Labute approximate surface area is 192 Å². The monoisotopic (exact) mass is 460 g/mol. The molecule has 2 aromatic carbocycles. The molecular weight excluding hydrogens is 430 g/mol. The van der Waals surface area contributed by atoms with Crippen LogP contribution in [0.3, 0.4) is 0 Å². The van der Waals surface area contributed by atoms with E-state index in [1.165, 1.54) is 6.07 Å². The molecule has 0 spiro atoms. The van der Waals surface area contributed by atoms with Gasteiger partial charge in [-0.1, -0.05) is 30.3 Å². The summed E-state index contributed by atoms with van der Waals surface area (Å²) in [4.78, 5) is 27.3. The summed E-state index contributed by atoms with van der Waals surface area (Å²) in [5.74, 6) is -1.83. The molecule has 2 aromatic rings. The summed E-state index contributed by atoms with van der Waals surface area (Å²) in [5.41, 5.74) is 0.239. The molecule has 0 aliphatic carbocycles. The van der Waals surface area contributed by atoms with E-state index in [1.54, 1.807) is 25.7 Å². The van der Waals surface area contributed by atoms with Gasteiger partial charge in [-0.3, -0.25) is 4.79 Å². The van der Waals surface area contributed by atoms with Gasteiger partial charge < -0.3 is 19.7 Å². The van der Waals surface area contributed by atoms with Gasteiger partial charge in [0.25, 0.3) is 0 Å². The summed E-state index contributed by atoms with van der Waals surface area (Å²) in [7, 11) is 0. The zero-order valence-electron chi connectivity index (χ0n) is 19.1. The Kier molecular flexibility index (Phi) is 7.89. The molecule has 1 heterocycles. The highest BCUT2D eigenvalue weighted by Crippen LogP contribution is 2.22. The summed E-state index contributed by atoms with van der Waals surface area (Å²) >= 11 is 0. The number of nitrogens with one attached hydrogen (secondary N) is 1. The first-order valence-corrected chi connectivity index (χ1v) is 11.0. The number of ether oxygens (including phenoxy) is 2. The average molecular weight is 461 g/mol. The Bertz CT molecular complexity index is 955. The number of benzene rings is 2. The van der Waals surface area contributed by atoms with Crippen LogP contribution >= 0.6 is 0 Å². The molecule has 0 aromatic heterocycles. The van der Waals surface area contributed by atoms with E-state index in [4.69, 9.17) is 9.47 Å². The van der Waals surface area contributed by atoms with Crippen LogP contribution in [0.2, 0.25) is 0 Å². The zero-order valence-corrected chi connectivity index (χ0v) is 19.1. The van der Waals surface area contributed by atoms with E-state index in [0.29, 0.717) is 32.4 Å². The second kappa shape index (κ2) is 10.6. The minimum atomic E-state index is -0.961. The molecule has 1 aliphatic heterocycles. The van der Waals surface area contributed by atoms with Crippen molar-refractivity contribution in [2.24, 2.45) is 0 Å². The van der Waals surface area contributed by atoms with Crippen molar-refractivity contribution in [1.29, 1.82) is 0 Å². The number of carbonyl (C=O) groups is 2. The zero-order chi connectivity index (χ0) is 24.0. The number of halogens is 2. The first-order valence-electron chi connectivity index (χ1n) is 11.0. The Hall–Kier alpha value is -3.16. The predicted molar refractivity (Wildman–Crippen MR) is 120 cm³/mol. The van der Waals surface area contributed by atoms with Gasteiger partial charge in [0.05, 0.1) is 0 Å². The molecule has 1 N–H and O–H groups in total. The summed E-state index contributed by atoms with van der Waals surface area (Å²) < 4.78 is 37.6. The van der Waals surface area contributed by atoms with Gasteiger partial charge in [-0.05, 0) is 38.5 Å². The van der Waals surface area contributed by atoms with Crippen LogP contribution < -0.4 is 10.1 Å². The second-order valence-electron chi connectivity index (χ2n) is 9.11. The summed E-state index contributed by atoms with van der Waals surface area (Å²) in [5, 5.41) is 2.72. The number of amides is 2. The SMILES string of the molecule is CC(C)(C)OC(=O)N[C@@H](Cc1ccccc1)C(=O)N1CCC(Oc2ccc(F)c(F)c2)CC1. The highest BCUT2D eigenvalue weighted by molar-refractivity contribution is 5.86. The van der Waals surface area contributed by atoms with Gasteiger partial charge in [0.1, 0.15) is 23.5 Å². The van der Waals surface area contributed by atoms with Crippen LogP contribution in [-0.4, -0.2) is 47.7 Å². The first kappa shape index (κ1) is 24.5. The fourth-order valence-electron chi connectivity index (χ4n) is 3.66. The third-order valence-electron chi connectivity index (χ3n) is 5.22. The number of hydrogen-bond acceptors (Lipinski definition) is 4. The molecule has 0 radical (unpaired) electrons. The van der Waals surface area contributed by atoms with Gasteiger partial charge in [0.2, 0.25) is 5.91 Å². The lowest BCUT2D eigenvalue weighted by atomic mass is 10.0. The van der Waals surface area contributed by atoms with E-state index in [9.17, 15) is 18.4 Å². The number of carbonyl (C=O) groups excluding carboxylic acids is 2. The van der Waals surface area contributed by atoms with Gasteiger partial charge in [-0.25, -0.2) is 13.6 Å². The van der Waals surface area contributed by atoms with Crippen LogP contribution in [0.25, 0.3) is 0 Å². The lowest BCUT2D eigenvalue weighted by molar-refractivity contribution is -0.135. The maximum absolute atomic E-state index is 13.4. The van der Waals surface area contributed by atoms with Crippen molar-refractivity contribution in [2.45, 2.75) is 57.8 Å². The van der Waals surface area contributed by atoms with Crippen LogP contribution in [0.1, 0.15) is 39.2 Å². The minimum Gasteiger partial charge on any atom is -0.490 e. The molecule has 8 heteroatoms. The van der Waals surface area contributed by atoms with Crippen LogP contribution in [0.5, 0.6) is 5.75 Å². The second-order valence-corrected chi connectivity index (χ2v) is 9.11. The van der Waals surface area contributed by atoms with E-state index < -0.39 is 29.4 Å². The number of nitrogens with zero attached hydrogens (tertiary/aromatic N) is 1. The highest BCUT2D eigenvalue weighted by Gasteiger charge is 2.31. The number of piperidine rings is 1. The van der Waals surface area contributed by atoms with Crippen molar-refractivity contribution in [1.82, 2.24) is 10.2 Å². The molecule has 1 fully saturated rings. The predicted octanol–water partition coefficient (Wildman–Crippen LogP) is 4.47. The molecule has 0 saturated carbocycles. The quantitative estimate of drug-likeness (QED) is 0.691. The van der Waals surface area contributed by atoms with E-state index in [2.05, 4.69) is 5.32 Å². The van der Waals surface area contributed by atoms with E-state index in [-0.39, 0.29) is 17.8 Å². The van der Waals surface area contributed by atoms with Crippen molar-refractivity contribution >= 4 is 12.0 Å². The molecule has 0 bridgehead atoms. The topological polar surface area (TPSA) is 67.9 Å².